The topological polar surface area (TPSA) is 44.3 Å². The summed E-state index contributed by atoms with van der Waals surface area (Å²) >= 11 is 0. The second kappa shape index (κ2) is 3.67. The van der Waals surface area contributed by atoms with Crippen molar-refractivity contribution in [3.05, 3.63) is 30.1 Å². The number of hydrogen-bond acceptors (Lipinski definition) is 2. The third-order valence-electron chi connectivity index (χ3n) is 2.82. The van der Waals surface area contributed by atoms with Gasteiger partial charge in [-0.15, -0.1) is 0 Å². The van der Waals surface area contributed by atoms with E-state index < -0.39 is 0 Å². The lowest BCUT2D eigenvalue weighted by molar-refractivity contribution is -0.720. The van der Waals surface area contributed by atoms with Crippen LogP contribution in [-0.4, -0.2) is 10.2 Å². The van der Waals surface area contributed by atoms with E-state index in [2.05, 4.69) is 18.4 Å². The average molecular weight is 218 g/mol. The Labute approximate surface area is 94.6 Å². The maximum atomic E-state index is 9.75. The molecule has 0 atom stereocenters. The van der Waals surface area contributed by atoms with Crippen molar-refractivity contribution in [2.24, 2.45) is 0 Å². The van der Waals surface area contributed by atoms with E-state index >= 15 is 0 Å². The fourth-order valence-electron chi connectivity index (χ4n) is 1.97. The van der Waals surface area contributed by atoms with E-state index in [-0.39, 0.29) is 11.5 Å². The number of phenols is 2. The fourth-order valence-corrected chi connectivity index (χ4v) is 1.97. The number of hydrogen-bond donors (Lipinski definition) is 2. The van der Waals surface area contributed by atoms with Gasteiger partial charge in [0.25, 0.3) is 0 Å². The summed E-state index contributed by atoms with van der Waals surface area (Å²) < 4.78 is 2.14. The van der Waals surface area contributed by atoms with Gasteiger partial charge in [-0.3, -0.25) is 0 Å². The summed E-state index contributed by atoms with van der Waals surface area (Å²) in [5.74, 6) is -0.120. The largest absolute Gasteiger partial charge is 0.504 e. The summed E-state index contributed by atoms with van der Waals surface area (Å²) in [6.45, 7) is 6.21. The number of fused-ring (bicyclic) bond motifs is 1. The normalized spacial score (nSPS) is 11.2. The number of rotatable bonds is 1. The molecule has 3 nitrogen and oxygen atoms in total. The maximum Gasteiger partial charge on any atom is 0.179 e. The van der Waals surface area contributed by atoms with Gasteiger partial charge in [0.2, 0.25) is 0 Å². The zero-order valence-corrected chi connectivity index (χ0v) is 9.73. The van der Waals surface area contributed by atoms with E-state index in [1.165, 1.54) is 6.07 Å². The van der Waals surface area contributed by atoms with Crippen LogP contribution in [0.2, 0.25) is 0 Å². The first kappa shape index (κ1) is 10.7. The lowest BCUT2D eigenvalue weighted by Gasteiger charge is -2.07. The van der Waals surface area contributed by atoms with Crippen molar-refractivity contribution in [3.63, 3.8) is 0 Å². The summed E-state index contributed by atoms with van der Waals surface area (Å²) in [6, 6.07) is 5.59. The van der Waals surface area contributed by atoms with Crippen LogP contribution in [0.1, 0.15) is 25.6 Å². The Kier molecular flexibility index (Phi) is 2.46. The molecule has 2 rings (SSSR count). The minimum absolute atomic E-state index is 0.0449. The van der Waals surface area contributed by atoms with Crippen LogP contribution in [0.5, 0.6) is 11.5 Å². The summed E-state index contributed by atoms with van der Waals surface area (Å²) in [7, 11) is 0. The van der Waals surface area contributed by atoms with Crippen LogP contribution in [-0.2, 0) is 0 Å². The molecule has 0 aliphatic carbocycles. The molecule has 0 fully saturated rings. The summed E-state index contributed by atoms with van der Waals surface area (Å²) in [5, 5.41) is 20.8. The first-order valence-corrected chi connectivity index (χ1v) is 5.37. The van der Waals surface area contributed by atoms with E-state index in [9.17, 15) is 10.2 Å². The van der Waals surface area contributed by atoms with Crippen LogP contribution < -0.4 is 4.57 Å². The minimum Gasteiger partial charge on any atom is -0.504 e. The van der Waals surface area contributed by atoms with Gasteiger partial charge in [-0.25, -0.2) is 4.57 Å². The van der Waals surface area contributed by atoms with Gasteiger partial charge in [0.1, 0.15) is 0 Å². The third-order valence-corrected chi connectivity index (χ3v) is 2.82. The van der Waals surface area contributed by atoms with Crippen molar-refractivity contribution >= 4 is 10.8 Å². The van der Waals surface area contributed by atoms with Crippen LogP contribution >= 0.6 is 0 Å². The number of aromatic hydroxyl groups is 2. The molecular formula is C13H16NO2+. The molecule has 1 aromatic carbocycles. The Bertz CT molecular complexity index is 547. The summed E-state index contributed by atoms with van der Waals surface area (Å²) in [5.41, 5.74) is 1.06. The second-order valence-electron chi connectivity index (χ2n) is 4.35. The van der Waals surface area contributed by atoms with Gasteiger partial charge in [0, 0.05) is 23.8 Å². The third kappa shape index (κ3) is 1.58. The van der Waals surface area contributed by atoms with Gasteiger partial charge < -0.3 is 10.2 Å². The predicted octanol–water partition coefficient (Wildman–Crippen LogP) is 2.43. The van der Waals surface area contributed by atoms with Gasteiger partial charge in [-0.05, 0) is 26.0 Å². The Morgan fingerprint density at radius 3 is 2.50 bits per heavy atom. The number of phenolic OH excluding ortho intramolecular Hbond substituents is 2. The fraction of sp³-hybridized carbons (Fsp3) is 0.308. The van der Waals surface area contributed by atoms with Gasteiger partial charge >= 0.3 is 0 Å². The maximum absolute atomic E-state index is 9.75. The highest BCUT2D eigenvalue weighted by atomic mass is 16.3. The van der Waals surface area contributed by atoms with Crippen LogP contribution in [0, 0.1) is 6.92 Å². The van der Waals surface area contributed by atoms with Gasteiger partial charge in [0.15, 0.2) is 29.4 Å². The molecule has 1 aromatic heterocycles. The van der Waals surface area contributed by atoms with Crippen LogP contribution in [0.3, 0.4) is 0 Å². The molecule has 0 spiro atoms. The van der Waals surface area contributed by atoms with Gasteiger partial charge in [0.05, 0.1) is 0 Å². The lowest BCUT2D eigenvalue weighted by atomic mass is 10.1. The van der Waals surface area contributed by atoms with Crippen LogP contribution in [0.15, 0.2) is 24.4 Å². The molecule has 16 heavy (non-hydrogen) atoms. The molecule has 1 heterocycles. The van der Waals surface area contributed by atoms with Crippen molar-refractivity contribution < 1.29 is 14.8 Å². The molecule has 0 amide bonds. The smallest absolute Gasteiger partial charge is 0.179 e. The van der Waals surface area contributed by atoms with E-state index in [1.54, 1.807) is 0 Å². The molecule has 0 unspecified atom stereocenters. The molecule has 0 saturated carbocycles. The highest BCUT2D eigenvalue weighted by molar-refractivity contribution is 5.89. The molecule has 0 radical (unpaired) electrons. The van der Waals surface area contributed by atoms with E-state index in [4.69, 9.17) is 0 Å². The van der Waals surface area contributed by atoms with E-state index in [0.717, 1.165) is 11.1 Å². The Balaban J connectivity index is 2.79. The highest BCUT2D eigenvalue weighted by Gasteiger charge is 2.15. The molecule has 84 valence electrons. The van der Waals surface area contributed by atoms with Crippen molar-refractivity contribution in [1.29, 1.82) is 0 Å². The first-order valence-electron chi connectivity index (χ1n) is 5.37. The molecular weight excluding hydrogens is 202 g/mol. The average Bonchev–Trinajstić information content (AvgIpc) is 2.23. The predicted molar refractivity (Wildman–Crippen MR) is 62.6 cm³/mol. The lowest BCUT2D eigenvalue weighted by Crippen LogP contribution is -2.38. The monoisotopic (exact) mass is 218 g/mol. The van der Waals surface area contributed by atoms with E-state index in [1.807, 2.05) is 25.3 Å². The molecule has 0 aliphatic rings. The Morgan fingerprint density at radius 1 is 1.19 bits per heavy atom. The van der Waals surface area contributed by atoms with Crippen molar-refractivity contribution in [2.75, 3.05) is 0 Å². The van der Waals surface area contributed by atoms with Crippen molar-refractivity contribution in [3.8, 4) is 11.5 Å². The Hall–Kier alpha value is -1.77. The number of benzene rings is 1. The molecule has 3 heteroatoms. The summed E-state index contributed by atoms with van der Waals surface area (Å²) in [6.07, 6.45) is 1.99. The van der Waals surface area contributed by atoms with Crippen molar-refractivity contribution in [2.45, 2.75) is 26.8 Å². The number of aryl methyl sites for hydroxylation is 1. The van der Waals surface area contributed by atoms with Crippen molar-refractivity contribution in [1.82, 2.24) is 0 Å². The zero-order chi connectivity index (χ0) is 11.9. The quantitative estimate of drug-likeness (QED) is 0.570. The number of pyridine rings is 1. The molecule has 2 aromatic rings. The van der Waals surface area contributed by atoms with Gasteiger partial charge in [-0.2, -0.15) is 0 Å². The second-order valence-corrected chi connectivity index (χ2v) is 4.35. The molecule has 0 bridgehead atoms. The zero-order valence-electron chi connectivity index (χ0n) is 9.73. The standard InChI is InChI=1S/C13H15NO2/c1-8(2)14-7-10-4-5-12(15)13(16)11(10)6-9(14)3/h4-8,16H,1-3H3/p+1. The molecule has 2 N–H and O–H groups in total. The van der Waals surface area contributed by atoms with E-state index in [0.29, 0.717) is 11.4 Å². The number of aromatic nitrogens is 1. The van der Waals surface area contributed by atoms with Gasteiger partial charge in [-0.1, -0.05) is 0 Å². The molecule has 0 saturated heterocycles. The molecule has 0 aliphatic heterocycles. The van der Waals surface area contributed by atoms with Crippen LogP contribution in [0.25, 0.3) is 10.8 Å². The Morgan fingerprint density at radius 2 is 1.88 bits per heavy atom. The summed E-state index contributed by atoms with van der Waals surface area (Å²) in [4.78, 5) is 0. The first-order chi connectivity index (χ1) is 7.50. The minimum atomic E-state index is -0.0748. The number of nitrogens with zero attached hydrogens (tertiary/aromatic N) is 1. The van der Waals surface area contributed by atoms with Crippen LogP contribution in [0.4, 0.5) is 0 Å². The SMILES string of the molecule is Cc1cc2c(O)c(O)ccc2c[n+]1C(C)C. The highest BCUT2D eigenvalue weighted by Crippen LogP contribution is 2.33.